The fourth-order valence-electron chi connectivity index (χ4n) is 3.81. The highest BCUT2D eigenvalue weighted by Gasteiger charge is 2.32. The number of imidazole rings is 1. The molecule has 7 heteroatoms. The Kier molecular flexibility index (Phi) is 5.41. The minimum absolute atomic E-state index is 0.0154. The molecule has 2 atom stereocenters. The van der Waals surface area contributed by atoms with E-state index < -0.39 is 0 Å². The van der Waals surface area contributed by atoms with E-state index in [-0.39, 0.29) is 24.0 Å². The van der Waals surface area contributed by atoms with Crippen molar-refractivity contribution in [1.82, 2.24) is 14.9 Å². The van der Waals surface area contributed by atoms with Gasteiger partial charge >= 0.3 is 0 Å². The summed E-state index contributed by atoms with van der Waals surface area (Å²) < 4.78 is 11.0. The Morgan fingerprint density at radius 3 is 3.15 bits per heavy atom. The van der Waals surface area contributed by atoms with Gasteiger partial charge in [0.2, 0.25) is 5.91 Å². The van der Waals surface area contributed by atoms with Gasteiger partial charge in [0.15, 0.2) is 6.79 Å². The number of rotatable bonds is 4. The number of benzene rings is 1. The molecule has 1 N–H and O–H groups in total. The number of aromatic amines is 1. The normalized spacial score (nSPS) is 20.7. The van der Waals surface area contributed by atoms with Crippen LogP contribution in [0.3, 0.4) is 0 Å². The van der Waals surface area contributed by atoms with Gasteiger partial charge < -0.3 is 19.4 Å². The van der Waals surface area contributed by atoms with Gasteiger partial charge in [-0.25, -0.2) is 4.98 Å². The maximum atomic E-state index is 12.8. The third kappa shape index (κ3) is 3.58. The highest BCUT2D eigenvalue weighted by atomic mass is 32.2. The summed E-state index contributed by atoms with van der Waals surface area (Å²) in [6.45, 7) is 3.59. The van der Waals surface area contributed by atoms with Gasteiger partial charge in [-0.1, -0.05) is 12.1 Å². The molecule has 2 aliphatic heterocycles. The van der Waals surface area contributed by atoms with Crippen molar-refractivity contribution >= 4 is 17.7 Å². The molecule has 27 heavy (non-hydrogen) atoms. The number of carbonyl (C=O) groups is 1. The van der Waals surface area contributed by atoms with Crippen molar-refractivity contribution in [2.45, 2.75) is 44.1 Å². The summed E-state index contributed by atoms with van der Waals surface area (Å²) in [5.74, 6) is 1.92. The van der Waals surface area contributed by atoms with Crippen molar-refractivity contribution in [3.63, 3.8) is 0 Å². The van der Waals surface area contributed by atoms with Gasteiger partial charge in [-0.3, -0.25) is 4.79 Å². The zero-order valence-corrected chi connectivity index (χ0v) is 16.6. The summed E-state index contributed by atoms with van der Waals surface area (Å²) in [4.78, 5) is 22.9. The predicted molar refractivity (Wildman–Crippen MR) is 106 cm³/mol. The first kappa shape index (κ1) is 18.4. The first-order valence-electron chi connectivity index (χ1n) is 9.40. The Balaban J connectivity index is 1.63. The Morgan fingerprint density at radius 2 is 2.30 bits per heavy atom. The number of H-pyrrole nitrogens is 1. The van der Waals surface area contributed by atoms with E-state index >= 15 is 0 Å². The molecule has 0 spiro atoms. The Bertz CT molecular complexity index is 823. The van der Waals surface area contributed by atoms with Gasteiger partial charge in [-0.15, -0.1) is 0 Å². The Hall–Kier alpha value is -1.99. The number of hydrogen-bond donors (Lipinski definition) is 1. The lowest BCUT2D eigenvalue weighted by Gasteiger charge is -2.36. The average Bonchev–Trinajstić information content (AvgIpc) is 3.22. The molecular formula is C20H25N3O3S. The van der Waals surface area contributed by atoms with E-state index in [2.05, 4.69) is 9.97 Å². The zero-order valence-electron chi connectivity index (χ0n) is 15.7. The molecule has 1 fully saturated rings. The van der Waals surface area contributed by atoms with Gasteiger partial charge in [0.05, 0.1) is 29.8 Å². The van der Waals surface area contributed by atoms with Crippen LogP contribution >= 0.6 is 11.8 Å². The van der Waals surface area contributed by atoms with Crippen LogP contribution in [0.5, 0.6) is 5.75 Å². The Morgan fingerprint density at radius 1 is 1.41 bits per heavy atom. The van der Waals surface area contributed by atoms with E-state index in [1.165, 1.54) is 0 Å². The SMILES string of the molecule is CSC(C)C(=O)N1CCCCC1c1ncc(-c2cccc3c2COCO3)[nH]1. The van der Waals surface area contributed by atoms with Crippen LogP contribution in [-0.2, 0) is 16.1 Å². The van der Waals surface area contributed by atoms with E-state index in [1.54, 1.807) is 11.8 Å². The van der Waals surface area contributed by atoms with Gasteiger partial charge in [-0.2, -0.15) is 11.8 Å². The first-order valence-corrected chi connectivity index (χ1v) is 10.7. The molecule has 144 valence electrons. The lowest BCUT2D eigenvalue weighted by atomic mass is 10.0. The van der Waals surface area contributed by atoms with Crippen LogP contribution in [0.1, 0.15) is 43.6 Å². The van der Waals surface area contributed by atoms with E-state index in [9.17, 15) is 4.79 Å². The van der Waals surface area contributed by atoms with Gasteiger partial charge in [0, 0.05) is 17.7 Å². The van der Waals surface area contributed by atoms with Crippen molar-refractivity contribution in [3.8, 4) is 17.0 Å². The van der Waals surface area contributed by atoms with Gasteiger partial charge in [0.1, 0.15) is 11.6 Å². The van der Waals surface area contributed by atoms with Crippen LogP contribution in [0.4, 0.5) is 0 Å². The second kappa shape index (κ2) is 7.94. The number of aromatic nitrogens is 2. The van der Waals surface area contributed by atoms with Crippen LogP contribution < -0.4 is 4.74 Å². The first-order chi connectivity index (χ1) is 13.2. The second-order valence-electron chi connectivity index (χ2n) is 7.00. The molecule has 1 saturated heterocycles. The molecule has 4 rings (SSSR count). The maximum Gasteiger partial charge on any atom is 0.236 e. The topological polar surface area (TPSA) is 67.5 Å². The number of amides is 1. The number of nitrogens with zero attached hydrogens (tertiary/aromatic N) is 2. The van der Waals surface area contributed by atoms with Crippen molar-refractivity contribution in [3.05, 3.63) is 35.8 Å². The standard InChI is InChI=1S/C20H25N3O3S/c1-13(27-2)20(24)23-9-4-3-7-17(23)19-21-10-16(22-19)14-6-5-8-18-15(14)11-25-12-26-18/h5-6,8,10,13,17H,3-4,7,9,11-12H2,1-2H3,(H,21,22). The van der Waals surface area contributed by atoms with E-state index in [0.717, 1.165) is 54.2 Å². The highest BCUT2D eigenvalue weighted by molar-refractivity contribution is 7.99. The zero-order chi connectivity index (χ0) is 18.8. The van der Waals surface area contributed by atoms with Gasteiger partial charge in [-0.05, 0) is 38.5 Å². The minimum atomic E-state index is -0.0320. The summed E-state index contributed by atoms with van der Waals surface area (Å²) in [5, 5.41) is -0.0320. The fraction of sp³-hybridized carbons (Fsp3) is 0.500. The number of carbonyl (C=O) groups excluding carboxylic acids is 1. The third-order valence-corrected chi connectivity index (χ3v) is 6.27. The Labute approximate surface area is 163 Å². The van der Waals surface area contributed by atoms with Crippen LogP contribution in [0.25, 0.3) is 11.3 Å². The fourth-order valence-corrected chi connectivity index (χ4v) is 4.14. The number of fused-ring (bicyclic) bond motifs is 1. The summed E-state index contributed by atoms with van der Waals surface area (Å²) >= 11 is 1.59. The molecular weight excluding hydrogens is 362 g/mol. The third-order valence-electron chi connectivity index (χ3n) is 5.37. The molecule has 0 bridgehead atoms. The number of thioether (sulfide) groups is 1. The monoisotopic (exact) mass is 387 g/mol. The molecule has 1 amide bonds. The van der Waals surface area contributed by atoms with Crippen LogP contribution in [0.15, 0.2) is 24.4 Å². The van der Waals surface area contributed by atoms with E-state index in [1.807, 2.05) is 42.5 Å². The summed E-state index contributed by atoms with van der Waals surface area (Å²) in [6, 6.07) is 6.01. The lowest BCUT2D eigenvalue weighted by molar-refractivity contribution is -0.134. The maximum absolute atomic E-state index is 12.8. The summed E-state index contributed by atoms with van der Waals surface area (Å²) in [7, 11) is 0. The number of ether oxygens (including phenoxy) is 2. The highest BCUT2D eigenvalue weighted by Crippen LogP contribution is 2.35. The van der Waals surface area contributed by atoms with Crippen LogP contribution in [0, 0.1) is 0 Å². The predicted octanol–water partition coefficient (Wildman–Crippen LogP) is 3.75. The summed E-state index contributed by atoms with van der Waals surface area (Å²) in [6.07, 6.45) is 6.95. The van der Waals surface area contributed by atoms with Crippen LogP contribution in [-0.4, -0.2) is 45.6 Å². The smallest absolute Gasteiger partial charge is 0.236 e. The molecule has 2 aromatic rings. The average molecular weight is 388 g/mol. The molecule has 2 aliphatic rings. The van der Waals surface area contributed by atoms with E-state index in [0.29, 0.717) is 6.61 Å². The van der Waals surface area contributed by atoms with Crippen LogP contribution in [0.2, 0.25) is 0 Å². The minimum Gasteiger partial charge on any atom is -0.467 e. The van der Waals surface area contributed by atoms with Crippen molar-refractivity contribution in [2.75, 3.05) is 19.6 Å². The number of nitrogens with one attached hydrogen (secondary N) is 1. The molecule has 0 aliphatic carbocycles. The van der Waals surface area contributed by atoms with Crippen molar-refractivity contribution in [2.24, 2.45) is 0 Å². The molecule has 2 unspecified atom stereocenters. The molecule has 1 aromatic heterocycles. The molecule has 0 radical (unpaired) electrons. The molecule has 1 aromatic carbocycles. The van der Waals surface area contributed by atoms with Crippen molar-refractivity contribution < 1.29 is 14.3 Å². The van der Waals surface area contributed by atoms with E-state index in [4.69, 9.17) is 9.47 Å². The van der Waals surface area contributed by atoms with Crippen molar-refractivity contribution in [1.29, 1.82) is 0 Å². The lowest BCUT2D eigenvalue weighted by Crippen LogP contribution is -2.42. The number of likely N-dealkylation sites (tertiary alicyclic amines) is 1. The quantitative estimate of drug-likeness (QED) is 0.865. The second-order valence-corrected chi connectivity index (χ2v) is 8.17. The molecule has 0 saturated carbocycles. The molecule has 3 heterocycles. The summed E-state index contributed by atoms with van der Waals surface area (Å²) in [5.41, 5.74) is 3.01. The number of hydrogen-bond acceptors (Lipinski definition) is 5. The largest absolute Gasteiger partial charge is 0.467 e. The van der Waals surface area contributed by atoms with Gasteiger partial charge in [0.25, 0.3) is 0 Å². The number of piperidine rings is 1. The molecule has 6 nitrogen and oxygen atoms in total.